The van der Waals surface area contributed by atoms with E-state index in [1.165, 1.54) is 16.6 Å². The minimum absolute atomic E-state index is 0.465. The normalized spacial score (nSPS) is 11.3. The van der Waals surface area contributed by atoms with E-state index in [1.54, 1.807) is 0 Å². The van der Waals surface area contributed by atoms with Gasteiger partial charge in [-0.25, -0.2) is 0 Å². The molecule has 0 bridgehead atoms. The van der Waals surface area contributed by atoms with Crippen LogP contribution in [0.3, 0.4) is 0 Å². The van der Waals surface area contributed by atoms with Crippen LogP contribution < -0.4 is 9.58 Å². The lowest BCUT2D eigenvalue weighted by Gasteiger charge is -2.11. The van der Waals surface area contributed by atoms with E-state index in [2.05, 4.69) is 67.0 Å². The Morgan fingerprint density at radius 3 is 2.60 bits per heavy atom. The van der Waals surface area contributed by atoms with Crippen LogP contribution in [0.15, 0.2) is 24.4 Å². The standard InChI is InChI=1S/C12H17N3/c1-9(2)15-8-10-11(13-15)6-5-7-12(10)14(3)4/h5-9H,1-4H3/p+1. The Kier molecular flexibility index (Phi) is 2.39. The predicted molar refractivity (Wildman–Crippen MR) is 63.2 cm³/mol. The van der Waals surface area contributed by atoms with Crippen LogP contribution >= 0.6 is 0 Å². The maximum absolute atomic E-state index is 3.38. The number of benzene rings is 1. The molecule has 80 valence electrons. The topological polar surface area (TPSA) is 22.9 Å². The minimum Gasteiger partial charge on any atom is -0.377 e. The summed E-state index contributed by atoms with van der Waals surface area (Å²) in [6, 6.07) is 6.80. The lowest BCUT2D eigenvalue weighted by molar-refractivity contribution is -0.765. The Bertz CT molecular complexity index is 469. The molecule has 3 nitrogen and oxygen atoms in total. The molecule has 0 aliphatic heterocycles. The van der Waals surface area contributed by atoms with E-state index >= 15 is 0 Å². The SMILES string of the molecule is CC(C)[n+]1cc2c(N(C)C)cccc2[nH]1. The summed E-state index contributed by atoms with van der Waals surface area (Å²) in [6.45, 7) is 4.34. The largest absolute Gasteiger partial charge is 0.377 e. The molecule has 0 saturated carbocycles. The molecule has 0 atom stereocenters. The molecule has 2 aromatic rings. The highest BCUT2D eigenvalue weighted by Crippen LogP contribution is 2.22. The van der Waals surface area contributed by atoms with E-state index in [0.29, 0.717) is 6.04 Å². The molecule has 1 N–H and O–H groups in total. The molecular weight excluding hydrogens is 186 g/mol. The van der Waals surface area contributed by atoms with Gasteiger partial charge in [-0.3, -0.25) is 0 Å². The van der Waals surface area contributed by atoms with Gasteiger partial charge in [-0.1, -0.05) is 6.07 Å². The van der Waals surface area contributed by atoms with Crippen molar-refractivity contribution in [2.75, 3.05) is 19.0 Å². The van der Waals surface area contributed by atoms with Crippen molar-refractivity contribution in [1.82, 2.24) is 5.10 Å². The fraction of sp³-hybridized carbons (Fsp3) is 0.417. The molecule has 1 aromatic carbocycles. The fourth-order valence-corrected chi connectivity index (χ4v) is 1.76. The number of rotatable bonds is 2. The summed E-state index contributed by atoms with van der Waals surface area (Å²) in [7, 11) is 4.14. The van der Waals surface area contributed by atoms with E-state index in [9.17, 15) is 0 Å². The molecule has 0 saturated heterocycles. The number of aromatic amines is 1. The molecule has 0 spiro atoms. The fourth-order valence-electron chi connectivity index (χ4n) is 1.76. The van der Waals surface area contributed by atoms with Crippen molar-refractivity contribution in [2.24, 2.45) is 0 Å². The highest BCUT2D eigenvalue weighted by molar-refractivity contribution is 5.90. The molecule has 0 fully saturated rings. The van der Waals surface area contributed by atoms with Gasteiger partial charge in [0, 0.05) is 14.1 Å². The third-order valence-corrected chi connectivity index (χ3v) is 2.64. The van der Waals surface area contributed by atoms with Gasteiger partial charge in [0.15, 0.2) is 6.04 Å². The molecular formula is C12H18N3+. The van der Waals surface area contributed by atoms with Gasteiger partial charge >= 0.3 is 0 Å². The van der Waals surface area contributed by atoms with Gasteiger partial charge in [-0.2, -0.15) is 5.10 Å². The maximum Gasteiger partial charge on any atom is 0.205 e. The van der Waals surface area contributed by atoms with Gasteiger partial charge in [0.1, 0.15) is 5.52 Å². The number of hydrogen-bond acceptors (Lipinski definition) is 1. The number of nitrogens with zero attached hydrogens (tertiary/aromatic N) is 2. The summed E-state index contributed by atoms with van der Waals surface area (Å²) in [4.78, 5) is 2.14. The van der Waals surface area contributed by atoms with Crippen molar-refractivity contribution in [3.63, 3.8) is 0 Å². The second-order valence-electron chi connectivity index (χ2n) is 4.37. The number of fused-ring (bicyclic) bond motifs is 1. The second kappa shape index (κ2) is 3.57. The Labute approximate surface area is 90.3 Å². The van der Waals surface area contributed by atoms with Crippen LogP contribution in [0.2, 0.25) is 0 Å². The van der Waals surface area contributed by atoms with Crippen molar-refractivity contribution < 1.29 is 4.68 Å². The minimum atomic E-state index is 0.465. The molecule has 15 heavy (non-hydrogen) atoms. The first-order chi connectivity index (χ1) is 7.09. The molecule has 1 heterocycles. The number of H-pyrrole nitrogens is 1. The molecule has 0 unspecified atom stereocenters. The maximum atomic E-state index is 3.38. The van der Waals surface area contributed by atoms with Gasteiger partial charge in [-0.15, -0.1) is 4.68 Å². The summed E-state index contributed by atoms with van der Waals surface area (Å²) in [5, 5.41) is 4.65. The van der Waals surface area contributed by atoms with Gasteiger partial charge < -0.3 is 4.90 Å². The summed E-state index contributed by atoms with van der Waals surface area (Å²) in [5.41, 5.74) is 2.44. The number of aromatic nitrogens is 2. The van der Waals surface area contributed by atoms with E-state index in [-0.39, 0.29) is 0 Å². The highest BCUT2D eigenvalue weighted by Gasteiger charge is 2.14. The van der Waals surface area contributed by atoms with Crippen molar-refractivity contribution in [1.29, 1.82) is 0 Å². The summed E-state index contributed by atoms with van der Waals surface area (Å²) >= 11 is 0. The summed E-state index contributed by atoms with van der Waals surface area (Å²) < 4.78 is 2.14. The van der Waals surface area contributed by atoms with Crippen LogP contribution in [-0.4, -0.2) is 19.2 Å². The van der Waals surface area contributed by atoms with Crippen LogP contribution in [0.25, 0.3) is 10.9 Å². The molecule has 0 amide bonds. The number of hydrogen-bond donors (Lipinski definition) is 1. The van der Waals surface area contributed by atoms with Crippen molar-refractivity contribution >= 4 is 16.6 Å². The van der Waals surface area contributed by atoms with Gasteiger partial charge in [0.25, 0.3) is 0 Å². The lowest BCUT2D eigenvalue weighted by Crippen LogP contribution is -2.36. The van der Waals surface area contributed by atoms with Crippen LogP contribution in [0, 0.1) is 0 Å². The molecule has 2 rings (SSSR count). The van der Waals surface area contributed by atoms with Crippen molar-refractivity contribution in [3.8, 4) is 0 Å². The van der Waals surface area contributed by atoms with Gasteiger partial charge in [-0.05, 0) is 26.0 Å². The first kappa shape index (κ1) is 10.0. The van der Waals surface area contributed by atoms with Crippen LogP contribution in [-0.2, 0) is 0 Å². The van der Waals surface area contributed by atoms with Crippen molar-refractivity contribution in [2.45, 2.75) is 19.9 Å². The first-order valence-electron chi connectivity index (χ1n) is 5.30. The average Bonchev–Trinajstić information content (AvgIpc) is 2.60. The monoisotopic (exact) mass is 204 g/mol. The quantitative estimate of drug-likeness (QED) is 0.744. The smallest absolute Gasteiger partial charge is 0.205 e. The van der Waals surface area contributed by atoms with E-state index in [4.69, 9.17) is 0 Å². The van der Waals surface area contributed by atoms with Crippen LogP contribution in [0.4, 0.5) is 5.69 Å². The Hall–Kier alpha value is -1.51. The van der Waals surface area contributed by atoms with Gasteiger partial charge in [0.05, 0.1) is 11.1 Å². The van der Waals surface area contributed by atoms with Crippen LogP contribution in [0.5, 0.6) is 0 Å². The Morgan fingerprint density at radius 2 is 2.00 bits per heavy atom. The van der Waals surface area contributed by atoms with Crippen LogP contribution in [0.1, 0.15) is 19.9 Å². The molecule has 3 heteroatoms. The molecule has 0 aliphatic carbocycles. The van der Waals surface area contributed by atoms with Gasteiger partial charge in [0.2, 0.25) is 6.20 Å². The summed E-state index contributed by atoms with van der Waals surface area (Å²) in [5.74, 6) is 0. The summed E-state index contributed by atoms with van der Waals surface area (Å²) in [6.07, 6.45) is 2.18. The molecule has 0 aliphatic rings. The first-order valence-corrected chi connectivity index (χ1v) is 5.30. The second-order valence-corrected chi connectivity index (χ2v) is 4.37. The predicted octanol–water partition coefficient (Wildman–Crippen LogP) is 2.10. The molecule has 1 aromatic heterocycles. The highest BCUT2D eigenvalue weighted by atomic mass is 15.3. The van der Waals surface area contributed by atoms with Crippen molar-refractivity contribution in [3.05, 3.63) is 24.4 Å². The third kappa shape index (κ3) is 1.69. The zero-order valence-electron chi connectivity index (χ0n) is 9.78. The van der Waals surface area contributed by atoms with E-state index < -0.39 is 0 Å². The average molecular weight is 204 g/mol. The zero-order chi connectivity index (χ0) is 11.0. The third-order valence-electron chi connectivity index (χ3n) is 2.64. The number of anilines is 1. The molecule has 0 radical (unpaired) electrons. The Morgan fingerprint density at radius 1 is 1.27 bits per heavy atom. The lowest BCUT2D eigenvalue weighted by atomic mass is 10.2. The zero-order valence-corrected chi connectivity index (χ0v) is 9.78. The Balaban J connectivity index is 2.64. The van der Waals surface area contributed by atoms with E-state index in [0.717, 1.165) is 0 Å². The van der Waals surface area contributed by atoms with E-state index in [1.807, 2.05) is 0 Å². The number of nitrogens with one attached hydrogen (secondary N) is 1.